The Morgan fingerprint density at radius 2 is 1.48 bits per heavy atom. The van der Waals surface area contributed by atoms with Crippen LogP contribution in [0.3, 0.4) is 0 Å². The molecule has 4 aromatic rings. The fourth-order valence-electron chi connectivity index (χ4n) is 2.96. The molecule has 31 heavy (non-hydrogen) atoms. The number of hydrogen-bond donors (Lipinski definition) is 3. The molecule has 3 N–H and O–H groups in total. The van der Waals surface area contributed by atoms with Gasteiger partial charge in [0, 0.05) is 0 Å². The number of para-hydroxylation sites is 1. The molecule has 0 aliphatic heterocycles. The molecule has 0 spiro atoms. The molecule has 0 unspecified atom stereocenters. The van der Waals surface area contributed by atoms with E-state index >= 15 is 0 Å². The van der Waals surface area contributed by atoms with Gasteiger partial charge >= 0.3 is 0 Å². The fourth-order valence-corrected chi connectivity index (χ4v) is 4.24. The third-order valence-electron chi connectivity index (χ3n) is 4.55. The molecule has 4 rings (SSSR count). The van der Waals surface area contributed by atoms with Crippen molar-refractivity contribution in [2.45, 2.75) is 9.92 Å². The summed E-state index contributed by atoms with van der Waals surface area (Å²) in [5.74, 6) is 0.282. The van der Waals surface area contributed by atoms with Gasteiger partial charge in [-0.25, -0.2) is 13.1 Å². The third-order valence-corrected chi connectivity index (χ3v) is 6.23. The SMILES string of the molecule is COc1ccc(NNc2c(O)c(S(=O)(=O)c3ccccc3)nn2-c2ccccc2)cc1. The second kappa shape index (κ2) is 8.41. The van der Waals surface area contributed by atoms with Gasteiger partial charge in [-0.15, -0.1) is 5.10 Å². The van der Waals surface area contributed by atoms with Gasteiger partial charge in [-0.3, -0.25) is 10.9 Å². The van der Waals surface area contributed by atoms with Crippen molar-refractivity contribution in [3.8, 4) is 17.2 Å². The van der Waals surface area contributed by atoms with Crippen LogP contribution in [-0.2, 0) is 9.84 Å². The van der Waals surface area contributed by atoms with E-state index in [0.717, 1.165) is 0 Å². The maximum absolute atomic E-state index is 13.1. The second-order valence-corrected chi connectivity index (χ2v) is 8.41. The van der Waals surface area contributed by atoms with E-state index in [1.54, 1.807) is 73.8 Å². The summed E-state index contributed by atoms with van der Waals surface area (Å²) in [6.45, 7) is 0. The van der Waals surface area contributed by atoms with E-state index in [9.17, 15) is 13.5 Å². The highest BCUT2D eigenvalue weighted by Crippen LogP contribution is 2.36. The first-order valence-corrected chi connectivity index (χ1v) is 10.8. The van der Waals surface area contributed by atoms with Gasteiger partial charge in [-0.05, 0) is 48.5 Å². The van der Waals surface area contributed by atoms with E-state index in [2.05, 4.69) is 16.0 Å². The lowest BCUT2D eigenvalue weighted by atomic mass is 10.3. The lowest BCUT2D eigenvalue weighted by Crippen LogP contribution is -2.13. The highest BCUT2D eigenvalue weighted by atomic mass is 32.2. The minimum absolute atomic E-state index is 0.0395. The number of ether oxygens (including phenoxy) is 1. The number of hydrazine groups is 1. The molecule has 8 nitrogen and oxygen atoms in total. The highest BCUT2D eigenvalue weighted by molar-refractivity contribution is 7.91. The molecule has 9 heteroatoms. The first-order chi connectivity index (χ1) is 15.0. The minimum atomic E-state index is -4.04. The molecule has 1 heterocycles. The number of rotatable bonds is 7. The predicted molar refractivity (Wildman–Crippen MR) is 117 cm³/mol. The standard InChI is InChI=1S/C22H20N4O4S/c1-30-18-14-12-16(13-15-18)23-24-21-20(27)22(25-26(21)17-8-4-2-5-9-17)31(28,29)19-10-6-3-7-11-19/h2-15,23-24,27H,1H3. The van der Waals surface area contributed by atoms with E-state index in [4.69, 9.17) is 4.74 Å². The molecule has 0 aliphatic rings. The molecule has 0 radical (unpaired) electrons. The van der Waals surface area contributed by atoms with E-state index in [-0.39, 0.29) is 10.7 Å². The Kier molecular flexibility index (Phi) is 5.50. The number of aromatic nitrogens is 2. The molecule has 0 saturated heterocycles. The van der Waals surface area contributed by atoms with E-state index < -0.39 is 20.6 Å². The van der Waals surface area contributed by atoms with Gasteiger partial charge < -0.3 is 9.84 Å². The predicted octanol–water partition coefficient (Wildman–Crippen LogP) is 3.86. The lowest BCUT2D eigenvalue weighted by molar-refractivity contribution is 0.415. The van der Waals surface area contributed by atoms with Crippen molar-refractivity contribution in [2.75, 3.05) is 18.0 Å². The van der Waals surface area contributed by atoms with E-state index in [1.807, 2.05) is 6.07 Å². The van der Waals surface area contributed by atoms with Crippen LogP contribution in [0.5, 0.6) is 11.5 Å². The molecule has 0 saturated carbocycles. The summed E-state index contributed by atoms with van der Waals surface area (Å²) in [5.41, 5.74) is 7.07. The molecule has 0 aliphatic carbocycles. The quantitative estimate of drug-likeness (QED) is 0.378. The van der Waals surface area contributed by atoms with Crippen LogP contribution in [0.4, 0.5) is 11.5 Å². The number of nitrogens with zero attached hydrogens (tertiary/aromatic N) is 2. The number of aromatic hydroxyl groups is 1. The molecule has 3 aromatic carbocycles. The Bertz CT molecular complexity index is 1270. The Morgan fingerprint density at radius 3 is 2.10 bits per heavy atom. The average molecular weight is 436 g/mol. The fraction of sp³-hybridized carbons (Fsp3) is 0.0455. The number of benzene rings is 3. The first kappa shape index (κ1) is 20.3. The molecule has 1 aromatic heterocycles. The molecule has 158 valence electrons. The molecule has 0 amide bonds. The maximum Gasteiger partial charge on any atom is 0.229 e. The van der Waals surface area contributed by atoms with Gasteiger partial charge in [0.1, 0.15) is 5.75 Å². The van der Waals surface area contributed by atoms with Crippen LogP contribution in [0.25, 0.3) is 5.69 Å². The summed E-state index contributed by atoms with van der Waals surface area (Å²) >= 11 is 0. The summed E-state index contributed by atoms with van der Waals surface area (Å²) < 4.78 is 32.7. The first-order valence-electron chi connectivity index (χ1n) is 9.34. The number of nitrogens with one attached hydrogen (secondary N) is 2. The number of methoxy groups -OCH3 is 1. The zero-order chi connectivity index (χ0) is 21.8. The van der Waals surface area contributed by atoms with Crippen LogP contribution in [-0.4, -0.2) is 30.4 Å². The zero-order valence-corrected chi connectivity index (χ0v) is 17.4. The number of sulfone groups is 1. The largest absolute Gasteiger partial charge is 0.502 e. The lowest BCUT2D eigenvalue weighted by Gasteiger charge is -2.12. The van der Waals surface area contributed by atoms with Crippen molar-refractivity contribution < 1.29 is 18.3 Å². The zero-order valence-electron chi connectivity index (χ0n) is 16.6. The minimum Gasteiger partial charge on any atom is -0.502 e. The molecule has 0 bridgehead atoms. The van der Waals surface area contributed by atoms with E-state index in [1.165, 1.54) is 16.8 Å². The van der Waals surface area contributed by atoms with Crippen LogP contribution in [0.2, 0.25) is 0 Å². The van der Waals surface area contributed by atoms with Crippen molar-refractivity contribution in [1.29, 1.82) is 0 Å². The Labute approximate surface area is 179 Å². The summed E-state index contributed by atoms with van der Waals surface area (Å²) in [5, 5.41) is 14.6. The molecule has 0 atom stereocenters. The normalized spacial score (nSPS) is 11.1. The van der Waals surface area contributed by atoms with Crippen molar-refractivity contribution in [3.63, 3.8) is 0 Å². The molecular formula is C22H20N4O4S. The topological polar surface area (TPSA) is 105 Å². The summed E-state index contributed by atoms with van der Waals surface area (Å²) in [7, 11) is -2.46. The smallest absolute Gasteiger partial charge is 0.229 e. The van der Waals surface area contributed by atoms with Gasteiger partial charge in [0.05, 0.1) is 23.4 Å². The van der Waals surface area contributed by atoms with Crippen LogP contribution < -0.4 is 15.6 Å². The van der Waals surface area contributed by atoms with Crippen molar-refractivity contribution >= 4 is 21.3 Å². The van der Waals surface area contributed by atoms with Crippen molar-refractivity contribution in [2.24, 2.45) is 0 Å². The monoisotopic (exact) mass is 436 g/mol. The van der Waals surface area contributed by atoms with Crippen LogP contribution in [0.15, 0.2) is 94.9 Å². The summed E-state index contributed by atoms with van der Waals surface area (Å²) in [6.07, 6.45) is 0. The summed E-state index contributed by atoms with van der Waals surface area (Å²) in [4.78, 5) is 0.0395. The Morgan fingerprint density at radius 1 is 0.871 bits per heavy atom. The van der Waals surface area contributed by atoms with Gasteiger partial charge in [-0.2, -0.15) is 0 Å². The molecular weight excluding hydrogens is 416 g/mol. The van der Waals surface area contributed by atoms with Crippen molar-refractivity contribution in [1.82, 2.24) is 9.78 Å². The second-order valence-electron chi connectivity index (χ2n) is 6.54. The highest BCUT2D eigenvalue weighted by Gasteiger charge is 2.30. The number of anilines is 2. The van der Waals surface area contributed by atoms with Crippen LogP contribution in [0, 0.1) is 0 Å². The van der Waals surface area contributed by atoms with Gasteiger partial charge in [0.15, 0.2) is 11.6 Å². The van der Waals surface area contributed by atoms with E-state index in [0.29, 0.717) is 17.1 Å². The summed E-state index contributed by atoms with van der Waals surface area (Å²) in [6, 6.07) is 23.9. The number of hydrogen-bond acceptors (Lipinski definition) is 7. The Hall–Kier alpha value is -3.98. The molecule has 0 fully saturated rings. The van der Waals surface area contributed by atoms with Gasteiger partial charge in [-0.1, -0.05) is 36.4 Å². The average Bonchev–Trinajstić information content (AvgIpc) is 3.16. The van der Waals surface area contributed by atoms with Gasteiger partial charge in [0.25, 0.3) is 0 Å². The van der Waals surface area contributed by atoms with Crippen molar-refractivity contribution in [3.05, 3.63) is 84.9 Å². The van der Waals surface area contributed by atoms with Crippen LogP contribution >= 0.6 is 0 Å². The Balaban J connectivity index is 1.76. The maximum atomic E-state index is 13.1. The third kappa shape index (κ3) is 4.03. The van der Waals surface area contributed by atoms with Crippen LogP contribution in [0.1, 0.15) is 0 Å². The van der Waals surface area contributed by atoms with Gasteiger partial charge in [0.2, 0.25) is 14.9 Å².